The normalized spacial score (nSPS) is 10.8. The number of nitrogens with one attached hydrogen (secondary N) is 1. The van der Waals surface area contributed by atoms with Crippen LogP contribution in [0.2, 0.25) is 0 Å². The second-order valence-electron chi connectivity index (χ2n) is 5.26. The summed E-state index contributed by atoms with van der Waals surface area (Å²) in [4.78, 5) is 4.28. The molecule has 2 aromatic rings. The summed E-state index contributed by atoms with van der Waals surface area (Å²) < 4.78 is 5.71. The molecule has 2 rings (SSSR count). The molecule has 106 valence electrons. The van der Waals surface area contributed by atoms with E-state index in [-0.39, 0.29) is 6.10 Å². The molecule has 0 fully saturated rings. The minimum atomic E-state index is 0.158. The highest BCUT2D eigenvalue weighted by atomic mass is 16.5. The summed E-state index contributed by atoms with van der Waals surface area (Å²) in [6.07, 6.45) is 3.80. The molecule has 1 heterocycles. The van der Waals surface area contributed by atoms with E-state index in [9.17, 15) is 0 Å². The van der Waals surface area contributed by atoms with Crippen molar-refractivity contribution in [2.24, 2.45) is 0 Å². The lowest BCUT2D eigenvalue weighted by Crippen LogP contribution is -2.06. The van der Waals surface area contributed by atoms with Crippen LogP contribution in [0.4, 0.5) is 0 Å². The van der Waals surface area contributed by atoms with Gasteiger partial charge in [-0.1, -0.05) is 18.2 Å². The van der Waals surface area contributed by atoms with Gasteiger partial charge in [-0.3, -0.25) is 4.98 Å². The van der Waals surface area contributed by atoms with Gasteiger partial charge < -0.3 is 10.1 Å². The fourth-order valence-corrected chi connectivity index (χ4v) is 2.27. The van der Waals surface area contributed by atoms with Gasteiger partial charge in [0.05, 0.1) is 12.3 Å². The van der Waals surface area contributed by atoms with E-state index in [1.54, 1.807) is 6.20 Å². The van der Waals surface area contributed by atoms with Crippen molar-refractivity contribution in [2.45, 2.75) is 33.4 Å². The first kappa shape index (κ1) is 14.5. The van der Waals surface area contributed by atoms with Crippen LogP contribution in [0.5, 0.6) is 5.75 Å². The molecule has 0 saturated carbocycles. The van der Waals surface area contributed by atoms with E-state index in [2.05, 4.69) is 35.4 Å². The van der Waals surface area contributed by atoms with Crippen LogP contribution in [-0.4, -0.2) is 18.1 Å². The average molecular weight is 270 g/mol. The van der Waals surface area contributed by atoms with E-state index in [0.29, 0.717) is 0 Å². The third-order valence-electron chi connectivity index (χ3n) is 3.07. The number of hydrogen-bond donors (Lipinski definition) is 1. The van der Waals surface area contributed by atoms with E-state index in [4.69, 9.17) is 4.74 Å². The Morgan fingerprint density at radius 2 is 2.00 bits per heavy atom. The smallest absolute Gasteiger partial charge is 0.138 e. The van der Waals surface area contributed by atoms with Crippen LogP contribution in [0.15, 0.2) is 36.7 Å². The monoisotopic (exact) mass is 270 g/mol. The fourth-order valence-electron chi connectivity index (χ4n) is 2.27. The molecule has 1 aromatic carbocycles. The molecule has 1 N–H and O–H groups in total. The van der Waals surface area contributed by atoms with Gasteiger partial charge in [-0.05, 0) is 50.6 Å². The molecule has 0 atom stereocenters. The largest absolute Gasteiger partial charge is 0.489 e. The zero-order valence-electron chi connectivity index (χ0n) is 12.6. The van der Waals surface area contributed by atoms with E-state index in [0.717, 1.165) is 17.9 Å². The van der Waals surface area contributed by atoms with Gasteiger partial charge in [-0.25, -0.2) is 0 Å². The number of hydrogen-bond acceptors (Lipinski definition) is 3. The van der Waals surface area contributed by atoms with Crippen molar-refractivity contribution in [2.75, 3.05) is 7.05 Å². The molecular formula is C17H22N2O. The summed E-state index contributed by atoms with van der Waals surface area (Å²) >= 11 is 0. The fraction of sp³-hybridized carbons (Fsp3) is 0.353. The topological polar surface area (TPSA) is 34.2 Å². The Bertz CT molecular complexity index is 579. The molecule has 0 aliphatic rings. The molecule has 0 saturated heterocycles. The molecule has 0 radical (unpaired) electrons. The summed E-state index contributed by atoms with van der Waals surface area (Å²) in [6, 6.07) is 8.56. The second kappa shape index (κ2) is 6.53. The molecular weight excluding hydrogens is 248 g/mol. The van der Waals surface area contributed by atoms with Gasteiger partial charge >= 0.3 is 0 Å². The maximum atomic E-state index is 5.71. The molecule has 0 aliphatic carbocycles. The number of rotatable bonds is 5. The average Bonchev–Trinajstić information content (AvgIpc) is 2.38. The minimum absolute atomic E-state index is 0.158. The Kier molecular flexibility index (Phi) is 4.74. The number of aromatic nitrogens is 1. The molecule has 1 aromatic heterocycles. The van der Waals surface area contributed by atoms with Crippen LogP contribution in [-0.2, 0) is 6.54 Å². The standard InChI is InChI=1S/C17H22N2O/c1-12(2)20-16-8-15(10-19-11-16)17-6-5-14(9-18-4)7-13(17)3/h5-8,10-12,18H,9H2,1-4H3. The Hall–Kier alpha value is -1.87. The highest BCUT2D eigenvalue weighted by Gasteiger charge is 2.06. The zero-order chi connectivity index (χ0) is 14.5. The maximum absolute atomic E-state index is 5.71. The molecule has 0 spiro atoms. The predicted molar refractivity (Wildman–Crippen MR) is 82.9 cm³/mol. The van der Waals surface area contributed by atoms with Gasteiger partial charge in [0.15, 0.2) is 0 Å². The van der Waals surface area contributed by atoms with Crippen molar-refractivity contribution < 1.29 is 4.74 Å². The Balaban J connectivity index is 2.31. The predicted octanol–water partition coefficient (Wildman–Crippen LogP) is 3.56. The third-order valence-corrected chi connectivity index (χ3v) is 3.07. The first-order chi connectivity index (χ1) is 9.60. The zero-order valence-corrected chi connectivity index (χ0v) is 12.6. The molecule has 0 bridgehead atoms. The Labute approximate surface area is 121 Å². The minimum Gasteiger partial charge on any atom is -0.489 e. The van der Waals surface area contributed by atoms with Crippen LogP contribution < -0.4 is 10.1 Å². The van der Waals surface area contributed by atoms with E-state index < -0.39 is 0 Å². The van der Waals surface area contributed by atoms with E-state index >= 15 is 0 Å². The SMILES string of the molecule is CNCc1ccc(-c2cncc(OC(C)C)c2)c(C)c1. The summed E-state index contributed by atoms with van der Waals surface area (Å²) in [7, 11) is 1.96. The van der Waals surface area contributed by atoms with E-state index in [1.165, 1.54) is 16.7 Å². The number of ether oxygens (including phenoxy) is 1. The molecule has 3 heteroatoms. The lowest BCUT2D eigenvalue weighted by Gasteiger charge is -2.12. The Morgan fingerprint density at radius 1 is 1.20 bits per heavy atom. The number of pyridine rings is 1. The number of nitrogens with zero attached hydrogens (tertiary/aromatic N) is 1. The summed E-state index contributed by atoms with van der Waals surface area (Å²) in [5.41, 5.74) is 4.83. The summed E-state index contributed by atoms with van der Waals surface area (Å²) in [5, 5.41) is 3.17. The van der Waals surface area contributed by atoms with Gasteiger partial charge in [-0.15, -0.1) is 0 Å². The Morgan fingerprint density at radius 3 is 2.65 bits per heavy atom. The van der Waals surface area contributed by atoms with Crippen LogP contribution in [0.25, 0.3) is 11.1 Å². The molecule has 0 aliphatic heterocycles. The van der Waals surface area contributed by atoms with E-state index in [1.807, 2.05) is 33.2 Å². The highest BCUT2D eigenvalue weighted by molar-refractivity contribution is 5.67. The number of benzene rings is 1. The van der Waals surface area contributed by atoms with Crippen molar-refractivity contribution in [1.82, 2.24) is 10.3 Å². The lowest BCUT2D eigenvalue weighted by molar-refractivity contribution is 0.241. The molecule has 0 amide bonds. The van der Waals surface area contributed by atoms with Gasteiger partial charge in [-0.2, -0.15) is 0 Å². The molecule has 20 heavy (non-hydrogen) atoms. The van der Waals surface area contributed by atoms with Crippen molar-refractivity contribution in [3.05, 3.63) is 47.8 Å². The quantitative estimate of drug-likeness (QED) is 0.902. The number of aryl methyl sites for hydroxylation is 1. The van der Waals surface area contributed by atoms with Crippen LogP contribution in [0.1, 0.15) is 25.0 Å². The van der Waals surface area contributed by atoms with Gasteiger partial charge in [0.1, 0.15) is 5.75 Å². The maximum Gasteiger partial charge on any atom is 0.138 e. The summed E-state index contributed by atoms with van der Waals surface area (Å²) in [5.74, 6) is 0.816. The van der Waals surface area contributed by atoms with Crippen molar-refractivity contribution in [3.8, 4) is 16.9 Å². The van der Waals surface area contributed by atoms with Crippen molar-refractivity contribution in [3.63, 3.8) is 0 Å². The van der Waals surface area contributed by atoms with Crippen molar-refractivity contribution in [1.29, 1.82) is 0 Å². The lowest BCUT2D eigenvalue weighted by atomic mass is 9.99. The highest BCUT2D eigenvalue weighted by Crippen LogP contribution is 2.26. The van der Waals surface area contributed by atoms with Crippen LogP contribution in [0.3, 0.4) is 0 Å². The van der Waals surface area contributed by atoms with Crippen LogP contribution in [0, 0.1) is 6.92 Å². The van der Waals surface area contributed by atoms with Gasteiger partial charge in [0, 0.05) is 18.3 Å². The first-order valence-electron chi connectivity index (χ1n) is 6.96. The summed E-state index contributed by atoms with van der Waals surface area (Å²) in [6.45, 7) is 7.05. The van der Waals surface area contributed by atoms with Crippen LogP contribution >= 0.6 is 0 Å². The van der Waals surface area contributed by atoms with Gasteiger partial charge in [0.2, 0.25) is 0 Å². The second-order valence-corrected chi connectivity index (χ2v) is 5.26. The molecule has 3 nitrogen and oxygen atoms in total. The first-order valence-corrected chi connectivity index (χ1v) is 6.96. The van der Waals surface area contributed by atoms with Crippen molar-refractivity contribution >= 4 is 0 Å². The molecule has 0 unspecified atom stereocenters. The third kappa shape index (κ3) is 3.58. The van der Waals surface area contributed by atoms with Gasteiger partial charge in [0.25, 0.3) is 0 Å².